The SMILES string of the molecule is Cc1nc(Nc2cc(NC(=O)Nc3ccc(Cl)c(C(F)(F)F)c3)ccc2C)nc(N2CCN(CC(O)c3ccccc3)CC2)n1. The van der Waals surface area contributed by atoms with Gasteiger partial charge in [0.2, 0.25) is 11.9 Å². The van der Waals surface area contributed by atoms with Crippen molar-refractivity contribution in [3.05, 3.63) is 94.3 Å². The number of alkyl halides is 3. The number of aliphatic hydroxyl groups is 1. The van der Waals surface area contributed by atoms with Gasteiger partial charge in [-0.15, -0.1) is 0 Å². The summed E-state index contributed by atoms with van der Waals surface area (Å²) in [6, 6.07) is 17.1. The second-order valence-corrected chi connectivity index (χ2v) is 11.1. The number of aromatic nitrogens is 3. The lowest BCUT2D eigenvalue weighted by Crippen LogP contribution is -2.48. The van der Waals surface area contributed by atoms with E-state index >= 15 is 0 Å². The number of nitrogens with one attached hydrogen (secondary N) is 3. The topological polar surface area (TPSA) is 119 Å². The Bertz CT molecular complexity index is 1650. The summed E-state index contributed by atoms with van der Waals surface area (Å²) < 4.78 is 39.6. The van der Waals surface area contributed by atoms with Crippen LogP contribution in [-0.4, -0.2) is 63.7 Å². The molecule has 0 radical (unpaired) electrons. The molecule has 5 rings (SSSR count). The Hall–Kier alpha value is -4.46. The molecule has 0 aliphatic carbocycles. The lowest BCUT2D eigenvalue weighted by atomic mass is 10.1. The number of nitrogens with zero attached hydrogens (tertiary/aromatic N) is 5. The molecule has 1 aromatic heterocycles. The zero-order chi connectivity index (χ0) is 32.1. The molecule has 2 amide bonds. The van der Waals surface area contributed by atoms with E-state index in [1.807, 2.05) is 37.3 Å². The third-order valence-electron chi connectivity index (χ3n) is 7.28. The van der Waals surface area contributed by atoms with Crippen LogP contribution in [0.15, 0.2) is 66.7 Å². The molecule has 236 valence electrons. The Morgan fingerprint density at radius 3 is 2.29 bits per heavy atom. The second-order valence-electron chi connectivity index (χ2n) is 10.6. The predicted molar refractivity (Wildman–Crippen MR) is 168 cm³/mol. The molecule has 2 heterocycles. The minimum absolute atomic E-state index is 0.0592. The average Bonchev–Trinajstić information content (AvgIpc) is 3.00. The van der Waals surface area contributed by atoms with Crippen LogP contribution in [0.4, 0.5) is 46.9 Å². The molecule has 4 aromatic rings. The van der Waals surface area contributed by atoms with Gasteiger partial charge in [0.25, 0.3) is 0 Å². The third-order valence-corrected chi connectivity index (χ3v) is 7.61. The van der Waals surface area contributed by atoms with Gasteiger partial charge >= 0.3 is 12.2 Å². The minimum atomic E-state index is -4.66. The number of aryl methyl sites for hydroxylation is 2. The first-order chi connectivity index (χ1) is 21.4. The normalized spacial score (nSPS) is 14.6. The van der Waals surface area contributed by atoms with Gasteiger partial charge in [-0.3, -0.25) is 4.90 Å². The number of amides is 2. The maximum Gasteiger partial charge on any atom is 0.417 e. The molecular weight excluding hydrogens is 609 g/mol. The molecule has 1 unspecified atom stereocenters. The van der Waals surface area contributed by atoms with Crippen molar-refractivity contribution in [3.8, 4) is 0 Å². The summed E-state index contributed by atoms with van der Waals surface area (Å²) in [5, 5.41) is 18.4. The smallest absolute Gasteiger partial charge is 0.387 e. The number of β-amino-alcohol motifs (C(OH)–C–C–N with tert-alkyl or cyclic N) is 1. The monoisotopic (exact) mass is 640 g/mol. The maximum atomic E-state index is 13.2. The number of hydrogen-bond donors (Lipinski definition) is 4. The number of carbonyl (C=O) groups excluding carboxylic acids is 1. The molecule has 10 nitrogen and oxygen atoms in total. The van der Waals surface area contributed by atoms with Gasteiger partial charge in [0.1, 0.15) is 5.82 Å². The number of rotatable bonds is 8. The van der Waals surface area contributed by atoms with E-state index in [0.29, 0.717) is 48.7 Å². The van der Waals surface area contributed by atoms with Crippen molar-refractivity contribution >= 4 is 46.6 Å². The van der Waals surface area contributed by atoms with Crippen LogP contribution in [-0.2, 0) is 6.18 Å². The Labute approximate surface area is 263 Å². The Morgan fingerprint density at radius 2 is 1.60 bits per heavy atom. The van der Waals surface area contributed by atoms with Crippen LogP contribution in [0.2, 0.25) is 5.02 Å². The second kappa shape index (κ2) is 13.7. The van der Waals surface area contributed by atoms with E-state index in [9.17, 15) is 23.1 Å². The number of carbonyl (C=O) groups is 1. The highest BCUT2D eigenvalue weighted by molar-refractivity contribution is 6.31. The van der Waals surface area contributed by atoms with E-state index in [0.717, 1.165) is 36.3 Å². The molecule has 45 heavy (non-hydrogen) atoms. The fourth-order valence-corrected chi connectivity index (χ4v) is 5.11. The van der Waals surface area contributed by atoms with Gasteiger partial charge < -0.3 is 26.0 Å². The van der Waals surface area contributed by atoms with Gasteiger partial charge in [-0.2, -0.15) is 28.1 Å². The van der Waals surface area contributed by atoms with Crippen LogP contribution >= 0.6 is 11.6 Å². The molecule has 0 spiro atoms. The molecule has 1 saturated heterocycles. The van der Waals surface area contributed by atoms with E-state index in [1.54, 1.807) is 25.1 Å². The highest BCUT2D eigenvalue weighted by Gasteiger charge is 2.33. The van der Waals surface area contributed by atoms with E-state index in [4.69, 9.17) is 11.6 Å². The first-order valence-electron chi connectivity index (χ1n) is 14.2. The van der Waals surface area contributed by atoms with Gasteiger partial charge in [-0.1, -0.05) is 48.0 Å². The molecule has 1 aliphatic rings. The summed E-state index contributed by atoms with van der Waals surface area (Å²) in [6.45, 7) is 7.01. The fourth-order valence-electron chi connectivity index (χ4n) is 4.89. The van der Waals surface area contributed by atoms with E-state index < -0.39 is 28.9 Å². The van der Waals surface area contributed by atoms with Crippen LogP contribution in [0.25, 0.3) is 0 Å². The lowest BCUT2D eigenvalue weighted by Gasteiger charge is -2.35. The molecule has 1 fully saturated rings. The molecule has 4 N–H and O–H groups in total. The van der Waals surface area contributed by atoms with Crippen LogP contribution in [0.1, 0.15) is 28.6 Å². The van der Waals surface area contributed by atoms with E-state index in [1.165, 1.54) is 6.07 Å². The number of aliphatic hydroxyl groups excluding tert-OH is 1. The van der Waals surface area contributed by atoms with Crippen LogP contribution in [0.3, 0.4) is 0 Å². The summed E-state index contributed by atoms with van der Waals surface area (Å²) in [6.07, 6.45) is -5.22. The maximum absolute atomic E-state index is 13.2. The number of anilines is 5. The number of piperazine rings is 1. The van der Waals surface area contributed by atoms with E-state index in [-0.39, 0.29) is 5.69 Å². The quantitative estimate of drug-likeness (QED) is 0.175. The first kappa shape index (κ1) is 31.9. The van der Waals surface area contributed by atoms with Crippen molar-refractivity contribution in [3.63, 3.8) is 0 Å². The van der Waals surface area contributed by atoms with Gasteiger partial charge in [-0.25, -0.2) is 4.79 Å². The number of halogens is 4. The number of benzene rings is 3. The summed E-state index contributed by atoms with van der Waals surface area (Å²) in [4.78, 5) is 30.5. The largest absolute Gasteiger partial charge is 0.417 e. The average molecular weight is 641 g/mol. The molecule has 0 bridgehead atoms. The van der Waals surface area contributed by atoms with Crippen LogP contribution in [0, 0.1) is 13.8 Å². The predicted octanol–water partition coefficient (Wildman–Crippen LogP) is 6.40. The van der Waals surface area contributed by atoms with Gasteiger partial charge in [0.15, 0.2) is 0 Å². The van der Waals surface area contributed by atoms with Crippen LogP contribution < -0.4 is 20.9 Å². The highest BCUT2D eigenvalue weighted by Crippen LogP contribution is 2.36. The molecular formula is C31H32ClF3N8O2. The Morgan fingerprint density at radius 1 is 0.933 bits per heavy atom. The van der Waals surface area contributed by atoms with Gasteiger partial charge in [0, 0.05) is 49.8 Å². The standard InChI is InChI=1S/C31H32ClF3N8O2/c1-19-8-9-23(39-30(45)38-22-10-11-25(32)24(16-22)31(33,34)35)17-26(19)40-28-36-20(2)37-29(41-28)43-14-12-42(13-15-43)18-27(44)21-6-4-3-5-7-21/h3-11,16-17,27,44H,12-15,18H2,1-2H3,(H2,38,39,45)(H,36,37,40,41). The van der Waals surface area contributed by atoms with Crippen molar-refractivity contribution in [1.82, 2.24) is 19.9 Å². The lowest BCUT2D eigenvalue weighted by molar-refractivity contribution is -0.137. The Balaban J connectivity index is 1.21. The zero-order valence-electron chi connectivity index (χ0n) is 24.6. The minimum Gasteiger partial charge on any atom is -0.387 e. The summed E-state index contributed by atoms with van der Waals surface area (Å²) in [5.41, 5.74) is 1.65. The first-order valence-corrected chi connectivity index (χ1v) is 14.6. The third kappa shape index (κ3) is 8.38. The summed E-state index contributed by atoms with van der Waals surface area (Å²) in [7, 11) is 0. The Kier molecular flexibility index (Phi) is 9.71. The number of urea groups is 1. The van der Waals surface area contributed by atoms with Gasteiger partial charge in [-0.05, 0) is 55.3 Å². The molecule has 0 saturated carbocycles. The van der Waals surface area contributed by atoms with Crippen molar-refractivity contribution in [2.75, 3.05) is 53.6 Å². The number of hydrogen-bond acceptors (Lipinski definition) is 8. The summed E-state index contributed by atoms with van der Waals surface area (Å²) in [5.74, 6) is 1.38. The molecule has 1 atom stereocenters. The van der Waals surface area contributed by atoms with Crippen molar-refractivity contribution in [2.45, 2.75) is 26.1 Å². The fraction of sp³-hybridized carbons (Fsp3) is 0.290. The van der Waals surface area contributed by atoms with Crippen molar-refractivity contribution in [2.24, 2.45) is 0 Å². The molecule has 14 heteroatoms. The highest BCUT2D eigenvalue weighted by atomic mass is 35.5. The zero-order valence-corrected chi connectivity index (χ0v) is 25.3. The van der Waals surface area contributed by atoms with E-state index in [2.05, 4.69) is 40.7 Å². The van der Waals surface area contributed by atoms with Crippen molar-refractivity contribution in [1.29, 1.82) is 0 Å². The molecule has 1 aliphatic heterocycles. The molecule has 3 aromatic carbocycles. The van der Waals surface area contributed by atoms with Gasteiger partial charge in [0.05, 0.1) is 16.7 Å². The summed E-state index contributed by atoms with van der Waals surface area (Å²) >= 11 is 5.67. The van der Waals surface area contributed by atoms with Crippen LogP contribution in [0.5, 0.6) is 0 Å². The van der Waals surface area contributed by atoms with Crippen molar-refractivity contribution < 1.29 is 23.1 Å².